The first-order chi connectivity index (χ1) is 9.11. The van der Waals surface area contributed by atoms with Crippen LogP contribution in [0.4, 0.5) is 5.95 Å². The van der Waals surface area contributed by atoms with Gasteiger partial charge in [-0.1, -0.05) is 19.1 Å². The van der Waals surface area contributed by atoms with Crippen molar-refractivity contribution < 1.29 is 0 Å². The third-order valence-electron chi connectivity index (χ3n) is 2.71. The number of nitrogens with one attached hydrogen (secondary N) is 1. The van der Waals surface area contributed by atoms with Crippen LogP contribution in [0.1, 0.15) is 13.8 Å². The summed E-state index contributed by atoms with van der Waals surface area (Å²) in [7, 11) is 0. The van der Waals surface area contributed by atoms with Crippen molar-refractivity contribution in [1.29, 1.82) is 0 Å². The SMILES string of the molecule is CC1/C=C\C(C)(N=Nc2ncc[nH]2)/C=C\C(N=O)=C/1. The normalized spacial score (nSPS) is 33.2. The number of hydrogen-bond acceptors (Lipinski definition) is 5. The van der Waals surface area contributed by atoms with Crippen LogP contribution in [0.25, 0.3) is 0 Å². The quantitative estimate of drug-likeness (QED) is 0.509. The highest BCUT2D eigenvalue weighted by molar-refractivity contribution is 5.30. The molecule has 2 unspecified atom stereocenters. The highest BCUT2D eigenvalue weighted by Gasteiger charge is 2.18. The highest BCUT2D eigenvalue weighted by Crippen LogP contribution is 2.22. The molecule has 98 valence electrons. The maximum atomic E-state index is 10.7. The van der Waals surface area contributed by atoms with E-state index in [9.17, 15) is 4.91 Å². The van der Waals surface area contributed by atoms with E-state index in [4.69, 9.17) is 0 Å². The molecular formula is C13H15N5O. The number of H-pyrrole nitrogens is 1. The van der Waals surface area contributed by atoms with Gasteiger partial charge in [0, 0.05) is 12.4 Å². The van der Waals surface area contributed by atoms with Crippen molar-refractivity contribution in [3.63, 3.8) is 0 Å². The average Bonchev–Trinajstić information content (AvgIpc) is 2.91. The Morgan fingerprint density at radius 1 is 1.42 bits per heavy atom. The van der Waals surface area contributed by atoms with E-state index in [2.05, 4.69) is 25.4 Å². The summed E-state index contributed by atoms with van der Waals surface area (Å²) in [6.07, 6.45) is 12.4. The molecule has 0 bridgehead atoms. The minimum Gasteiger partial charge on any atom is -0.328 e. The number of azo groups is 1. The number of hydrogen-bond donors (Lipinski definition) is 1. The molecule has 1 N–H and O–H groups in total. The van der Waals surface area contributed by atoms with Crippen LogP contribution < -0.4 is 0 Å². The summed E-state index contributed by atoms with van der Waals surface area (Å²) in [5, 5.41) is 11.3. The second kappa shape index (κ2) is 5.51. The Balaban J connectivity index is 2.27. The zero-order valence-corrected chi connectivity index (χ0v) is 10.8. The van der Waals surface area contributed by atoms with Crippen LogP contribution in [0.2, 0.25) is 0 Å². The fourth-order valence-electron chi connectivity index (χ4n) is 1.63. The molecule has 0 radical (unpaired) electrons. The van der Waals surface area contributed by atoms with Gasteiger partial charge in [0.05, 0.1) is 0 Å². The molecule has 0 saturated heterocycles. The van der Waals surface area contributed by atoms with Crippen molar-refractivity contribution in [2.75, 3.05) is 0 Å². The molecule has 19 heavy (non-hydrogen) atoms. The van der Waals surface area contributed by atoms with Gasteiger partial charge in [-0.15, -0.1) is 10.0 Å². The van der Waals surface area contributed by atoms with E-state index in [-0.39, 0.29) is 5.92 Å². The third kappa shape index (κ3) is 3.54. The van der Waals surface area contributed by atoms with Crippen LogP contribution in [0.15, 0.2) is 63.9 Å². The summed E-state index contributed by atoms with van der Waals surface area (Å²) in [4.78, 5) is 17.5. The van der Waals surface area contributed by atoms with Crippen molar-refractivity contribution in [3.05, 3.63) is 53.4 Å². The van der Waals surface area contributed by atoms with Crippen molar-refractivity contribution in [2.45, 2.75) is 19.4 Å². The van der Waals surface area contributed by atoms with Gasteiger partial charge in [0.1, 0.15) is 11.2 Å². The van der Waals surface area contributed by atoms with Crippen molar-refractivity contribution in [3.8, 4) is 0 Å². The van der Waals surface area contributed by atoms with Crippen LogP contribution in [-0.4, -0.2) is 15.5 Å². The summed E-state index contributed by atoms with van der Waals surface area (Å²) in [5.74, 6) is 0.568. The number of aromatic amines is 1. The van der Waals surface area contributed by atoms with E-state index in [0.717, 1.165) is 0 Å². The van der Waals surface area contributed by atoms with Crippen LogP contribution in [-0.2, 0) is 0 Å². The molecule has 1 aliphatic carbocycles. The molecule has 0 amide bonds. The molecular weight excluding hydrogens is 242 g/mol. The molecule has 0 saturated carbocycles. The largest absolute Gasteiger partial charge is 0.328 e. The lowest BCUT2D eigenvalue weighted by Gasteiger charge is -2.16. The van der Waals surface area contributed by atoms with Crippen molar-refractivity contribution >= 4 is 5.95 Å². The smallest absolute Gasteiger partial charge is 0.246 e. The maximum absolute atomic E-state index is 10.7. The molecule has 1 aromatic heterocycles. The predicted molar refractivity (Wildman–Crippen MR) is 72.8 cm³/mol. The van der Waals surface area contributed by atoms with Crippen molar-refractivity contribution in [2.24, 2.45) is 21.3 Å². The number of nitroso groups, excluding NO2 is 1. The highest BCUT2D eigenvalue weighted by atomic mass is 16.3. The lowest BCUT2D eigenvalue weighted by molar-refractivity contribution is 0.677. The molecule has 0 aliphatic heterocycles. The van der Waals surface area contributed by atoms with Gasteiger partial charge in [-0.25, -0.2) is 4.98 Å². The number of allylic oxidation sites excluding steroid dienone is 3. The molecule has 2 atom stereocenters. The van der Waals surface area contributed by atoms with Crippen LogP contribution in [0, 0.1) is 10.8 Å². The zero-order chi connectivity index (χ0) is 13.7. The fourth-order valence-corrected chi connectivity index (χ4v) is 1.63. The van der Waals surface area contributed by atoms with E-state index in [0.29, 0.717) is 11.6 Å². The van der Waals surface area contributed by atoms with Crippen LogP contribution >= 0.6 is 0 Å². The standard InChI is InChI=1S/C13H15N5O/c1-10-3-5-13(2,6-4-11(9-10)17-19)18-16-12-14-7-8-15-12/h3-10H,1-2H3,(H,14,15)/b5-3-,6-4-,11-9+,18-16?. The van der Waals surface area contributed by atoms with Gasteiger partial charge in [0.2, 0.25) is 5.95 Å². The summed E-state index contributed by atoms with van der Waals surface area (Å²) in [6, 6.07) is 0. The first kappa shape index (κ1) is 13.1. The Morgan fingerprint density at radius 2 is 2.26 bits per heavy atom. The van der Waals surface area contributed by atoms with E-state index in [1.54, 1.807) is 30.6 Å². The maximum Gasteiger partial charge on any atom is 0.246 e. The lowest BCUT2D eigenvalue weighted by atomic mass is 9.96. The molecule has 1 heterocycles. The Labute approximate surface area is 111 Å². The average molecular weight is 257 g/mol. The topological polar surface area (TPSA) is 82.8 Å². The Bertz CT molecular complexity index is 556. The second-order valence-corrected chi connectivity index (χ2v) is 4.57. The lowest BCUT2D eigenvalue weighted by Crippen LogP contribution is -2.15. The van der Waals surface area contributed by atoms with Gasteiger partial charge in [0.25, 0.3) is 0 Å². The number of rotatable bonds is 3. The summed E-state index contributed by atoms with van der Waals surface area (Å²) < 4.78 is 0. The second-order valence-electron chi connectivity index (χ2n) is 4.57. The Hall–Kier alpha value is -2.37. The van der Waals surface area contributed by atoms with E-state index >= 15 is 0 Å². The monoisotopic (exact) mass is 257 g/mol. The van der Waals surface area contributed by atoms with E-state index in [1.165, 1.54) is 0 Å². The molecule has 2 rings (SSSR count). The first-order valence-corrected chi connectivity index (χ1v) is 5.97. The molecule has 6 heteroatoms. The fraction of sp³-hybridized carbons (Fsp3) is 0.308. The predicted octanol–water partition coefficient (Wildman–Crippen LogP) is 3.66. The molecule has 0 spiro atoms. The Morgan fingerprint density at radius 3 is 2.95 bits per heavy atom. The molecule has 0 aromatic carbocycles. The number of aromatic nitrogens is 2. The Kier molecular flexibility index (Phi) is 3.79. The van der Waals surface area contributed by atoms with Gasteiger partial charge >= 0.3 is 0 Å². The van der Waals surface area contributed by atoms with Gasteiger partial charge < -0.3 is 4.98 Å². The van der Waals surface area contributed by atoms with Gasteiger partial charge in [0.15, 0.2) is 0 Å². The number of imidazole rings is 1. The number of nitrogens with zero attached hydrogens (tertiary/aromatic N) is 4. The summed E-state index contributed by atoms with van der Waals surface area (Å²) in [5.41, 5.74) is -0.220. The zero-order valence-electron chi connectivity index (χ0n) is 10.8. The summed E-state index contributed by atoms with van der Waals surface area (Å²) >= 11 is 0. The van der Waals surface area contributed by atoms with Gasteiger partial charge in [-0.2, -0.15) is 5.11 Å². The molecule has 1 aliphatic rings. The third-order valence-corrected chi connectivity index (χ3v) is 2.71. The van der Waals surface area contributed by atoms with Crippen LogP contribution in [0.5, 0.6) is 0 Å². The molecule has 1 aromatic rings. The molecule has 6 nitrogen and oxygen atoms in total. The minimum atomic E-state index is -0.620. The van der Waals surface area contributed by atoms with E-state index < -0.39 is 5.54 Å². The van der Waals surface area contributed by atoms with Crippen molar-refractivity contribution in [1.82, 2.24) is 9.97 Å². The van der Waals surface area contributed by atoms with Gasteiger partial charge in [-0.3, -0.25) is 0 Å². The van der Waals surface area contributed by atoms with Crippen LogP contribution in [0.3, 0.4) is 0 Å². The minimum absolute atomic E-state index is 0.121. The van der Waals surface area contributed by atoms with Gasteiger partial charge in [-0.05, 0) is 36.2 Å². The molecule has 0 fully saturated rings. The summed E-state index contributed by atoms with van der Waals surface area (Å²) in [6.45, 7) is 3.87. The first-order valence-electron chi connectivity index (χ1n) is 5.97. The van der Waals surface area contributed by atoms with E-state index in [1.807, 2.05) is 26.0 Å².